The maximum absolute atomic E-state index is 11.8. The first-order valence-electron chi connectivity index (χ1n) is 5.19. The zero-order valence-electron chi connectivity index (χ0n) is 9.51. The van der Waals surface area contributed by atoms with E-state index in [1.807, 2.05) is 0 Å². The Morgan fingerprint density at radius 3 is 2.69 bits per heavy atom. The number of likely N-dealkylation sites (N-methyl/N-ethyl adjacent to an activating group) is 1. The number of aliphatic carboxylic acids is 1. The van der Waals surface area contributed by atoms with Gasteiger partial charge in [-0.05, 0) is 0 Å². The monoisotopic (exact) mass is 231 g/mol. The molecule has 2 atom stereocenters. The van der Waals surface area contributed by atoms with E-state index >= 15 is 0 Å². The maximum atomic E-state index is 11.8. The Labute approximate surface area is 94.1 Å². The molecule has 6 heteroatoms. The molecule has 0 radical (unpaired) electrons. The summed E-state index contributed by atoms with van der Waals surface area (Å²) in [5, 5.41) is 8.73. The van der Waals surface area contributed by atoms with Crippen molar-refractivity contribution in [2.24, 2.45) is 5.92 Å². The third-order valence-electron chi connectivity index (χ3n) is 2.44. The maximum Gasteiger partial charge on any atom is 0.308 e. The van der Waals surface area contributed by atoms with Crippen LogP contribution in [-0.4, -0.2) is 61.4 Å². The van der Waals surface area contributed by atoms with E-state index in [2.05, 4.69) is 0 Å². The van der Waals surface area contributed by atoms with Crippen LogP contribution in [0.5, 0.6) is 0 Å². The van der Waals surface area contributed by atoms with Gasteiger partial charge in [-0.1, -0.05) is 6.92 Å². The van der Waals surface area contributed by atoms with Gasteiger partial charge in [0.15, 0.2) is 6.10 Å². The van der Waals surface area contributed by atoms with Crippen LogP contribution in [0.1, 0.15) is 6.92 Å². The molecule has 6 nitrogen and oxygen atoms in total. The fraction of sp³-hybridized carbons (Fsp3) is 0.800. The van der Waals surface area contributed by atoms with Gasteiger partial charge in [0.05, 0.1) is 25.7 Å². The number of carbonyl (C=O) groups is 2. The van der Waals surface area contributed by atoms with Gasteiger partial charge in [-0.15, -0.1) is 0 Å². The van der Waals surface area contributed by atoms with Gasteiger partial charge < -0.3 is 19.5 Å². The summed E-state index contributed by atoms with van der Waals surface area (Å²) in [6, 6.07) is 0. The predicted molar refractivity (Wildman–Crippen MR) is 55.0 cm³/mol. The van der Waals surface area contributed by atoms with Crippen molar-refractivity contribution in [3.8, 4) is 0 Å². The largest absolute Gasteiger partial charge is 0.481 e. The molecule has 1 rings (SSSR count). The summed E-state index contributed by atoms with van der Waals surface area (Å²) in [6.45, 7) is 2.88. The summed E-state index contributed by atoms with van der Waals surface area (Å²) in [5.74, 6) is -1.73. The summed E-state index contributed by atoms with van der Waals surface area (Å²) in [5.41, 5.74) is 0. The number of carboxylic acids is 1. The van der Waals surface area contributed by atoms with Crippen LogP contribution in [-0.2, 0) is 19.1 Å². The molecule has 2 unspecified atom stereocenters. The van der Waals surface area contributed by atoms with Gasteiger partial charge in [0.1, 0.15) is 0 Å². The topological polar surface area (TPSA) is 76.1 Å². The van der Waals surface area contributed by atoms with Crippen LogP contribution >= 0.6 is 0 Å². The van der Waals surface area contributed by atoms with E-state index in [0.29, 0.717) is 13.2 Å². The van der Waals surface area contributed by atoms with Crippen molar-refractivity contribution in [1.29, 1.82) is 0 Å². The lowest BCUT2D eigenvalue weighted by Crippen LogP contribution is -2.45. The molecule has 1 saturated heterocycles. The van der Waals surface area contributed by atoms with Gasteiger partial charge in [-0.3, -0.25) is 9.59 Å². The van der Waals surface area contributed by atoms with Crippen LogP contribution in [0.2, 0.25) is 0 Å². The van der Waals surface area contributed by atoms with Crippen LogP contribution in [0.15, 0.2) is 0 Å². The highest BCUT2D eigenvalue weighted by atomic mass is 16.6. The first-order valence-corrected chi connectivity index (χ1v) is 5.19. The number of nitrogens with zero attached hydrogens (tertiary/aromatic N) is 1. The minimum atomic E-state index is -0.916. The molecule has 1 aliphatic heterocycles. The highest BCUT2D eigenvalue weighted by Gasteiger charge is 2.27. The highest BCUT2D eigenvalue weighted by molar-refractivity contribution is 5.81. The second kappa shape index (κ2) is 5.81. The fourth-order valence-electron chi connectivity index (χ4n) is 1.46. The van der Waals surface area contributed by atoms with Gasteiger partial charge in [0.25, 0.3) is 5.91 Å². The minimum absolute atomic E-state index is 0.175. The Hall–Kier alpha value is -1.14. The molecular weight excluding hydrogens is 214 g/mol. The van der Waals surface area contributed by atoms with Crippen molar-refractivity contribution < 1.29 is 24.2 Å². The van der Waals surface area contributed by atoms with Crippen molar-refractivity contribution in [3.63, 3.8) is 0 Å². The summed E-state index contributed by atoms with van der Waals surface area (Å²) in [4.78, 5) is 23.8. The van der Waals surface area contributed by atoms with E-state index in [1.165, 1.54) is 4.90 Å². The summed E-state index contributed by atoms with van der Waals surface area (Å²) in [6.07, 6.45) is -0.597. The number of hydrogen-bond acceptors (Lipinski definition) is 4. The molecule has 0 aromatic rings. The number of carbonyl (C=O) groups excluding carboxylic acids is 1. The van der Waals surface area contributed by atoms with Crippen LogP contribution in [0, 0.1) is 5.92 Å². The van der Waals surface area contributed by atoms with Gasteiger partial charge in [-0.2, -0.15) is 0 Å². The Kier molecular flexibility index (Phi) is 4.70. The van der Waals surface area contributed by atoms with Gasteiger partial charge in [0, 0.05) is 13.6 Å². The SMILES string of the molecule is CC(CN(C)C(=O)C1COCCO1)C(=O)O. The molecule has 1 N–H and O–H groups in total. The van der Waals surface area contributed by atoms with E-state index in [4.69, 9.17) is 14.6 Å². The zero-order valence-corrected chi connectivity index (χ0v) is 9.51. The Balaban J connectivity index is 2.43. The van der Waals surface area contributed by atoms with E-state index < -0.39 is 18.0 Å². The molecule has 1 heterocycles. The molecule has 92 valence electrons. The predicted octanol–water partition coefficient (Wildman–Crippen LogP) is -0.419. The van der Waals surface area contributed by atoms with E-state index in [-0.39, 0.29) is 19.1 Å². The van der Waals surface area contributed by atoms with Crippen molar-refractivity contribution in [2.75, 3.05) is 33.4 Å². The second-order valence-corrected chi connectivity index (χ2v) is 3.89. The minimum Gasteiger partial charge on any atom is -0.481 e. The standard InChI is InChI=1S/C10H17NO5/c1-7(10(13)14)5-11(2)9(12)8-6-15-3-4-16-8/h7-8H,3-6H2,1-2H3,(H,13,14). The molecule has 0 aromatic carbocycles. The molecule has 1 amide bonds. The van der Waals surface area contributed by atoms with Gasteiger partial charge in [-0.25, -0.2) is 0 Å². The van der Waals surface area contributed by atoms with Crippen molar-refractivity contribution in [2.45, 2.75) is 13.0 Å². The first kappa shape index (κ1) is 12.9. The third kappa shape index (κ3) is 3.46. The number of hydrogen-bond donors (Lipinski definition) is 1. The lowest BCUT2D eigenvalue weighted by atomic mass is 10.1. The number of rotatable bonds is 4. The average Bonchev–Trinajstić information content (AvgIpc) is 2.28. The quantitative estimate of drug-likeness (QED) is 0.711. The Morgan fingerprint density at radius 2 is 2.19 bits per heavy atom. The number of amides is 1. The molecule has 0 bridgehead atoms. The van der Waals surface area contributed by atoms with Crippen molar-refractivity contribution in [1.82, 2.24) is 4.90 Å². The van der Waals surface area contributed by atoms with Crippen LogP contribution in [0.3, 0.4) is 0 Å². The first-order chi connectivity index (χ1) is 7.52. The van der Waals surface area contributed by atoms with Crippen LogP contribution < -0.4 is 0 Å². The average molecular weight is 231 g/mol. The molecule has 1 fully saturated rings. The Bertz CT molecular complexity index is 262. The third-order valence-corrected chi connectivity index (χ3v) is 2.44. The summed E-state index contributed by atoms with van der Waals surface area (Å²) in [7, 11) is 1.57. The number of carboxylic acid groups (broad SMARTS) is 1. The van der Waals surface area contributed by atoms with Gasteiger partial charge >= 0.3 is 5.97 Å². The second-order valence-electron chi connectivity index (χ2n) is 3.89. The zero-order chi connectivity index (χ0) is 12.1. The fourth-order valence-corrected chi connectivity index (χ4v) is 1.46. The summed E-state index contributed by atoms with van der Waals surface area (Å²) < 4.78 is 10.4. The lowest BCUT2D eigenvalue weighted by molar-refractivity contribution is -0.158. The molecule has 16 heavy (non-hydrogen) atoms. The van der Waals surface area contributed by atoms with E-state index in [1.54, 1.807) is 14.0 Å². The molecule has 0 aromatic heterocycles. The highest BCUT2D eigenvalue weighted by Crippen LogP contribution is 2.06. The van der Waals surface area contributed by atoms with Crippen LogP contribution in [0.25, 0.3) is 0 Å². The summed E-state index contributed by atoms with van der Waals surface area (Å²) >= 11 is 0. The Morgan fingerprint density at radius 1 is 1.50 bits per heavy atom. The smallest absolute Gasteiger partial charge is 0.308 e. The number of ether oxygens (including phenoxy) is 2. The molecule has 1 aliphatic rings. The van der Waals surface area contributed by atoms with Crippen molar-refractivity contribution >= 4 is 11.9 Å². The van der Waals surface area contributed by atoms with Gasteiger partial charge in [0.2, 0.25) is 0 Å². The molecule has 0 spiro atoms. The van der Waals surface area contributed by atoms with E-state index in [0.717, 1.165) is 0 Å². The van der Waals surface area contributed by atoms with E-state index in [9.17, 15) is 9.59 Å². The van der Waals surface area contributed by atoms with Crippen LogP contribution in [0.4, 0.5) is 0 Å². The molecular formula is C10H17NO5. The lowest BCUT2D eigenvalue weighted by Gasteiger charge is -2.27. The molecule has 0 aliphatic carbocycles. The molecule has 0 saturated carbocycles. The van der Waals surface area contributed by atoms with Crippen molar-refractivity contribution in [3.05, 3.63) is 0 Å². The normalized spacial score (nSPS) is 22.5.